The van der Waals surface area contributed by atoms with E-state index in [1.165, 1.54) is 12.1 Å². The van der Waals surface area contributed by atoms with Gasteiger partial charge in [-0.05, 0) is 24.6 Å². The molecule has 4 nitrogen and oxygen atoms in total. The lowest BCUT2D eigenvalue weighted by molar-refractivity contribution is 0.116. The first-order valence-corrected chi connectivity index (χ1v) is 4.93. The summed E-state index contributed by atoms with van der Waals surface area (Å²) < 4.78 is 17.3. The molecular weight excluding hydrogens is 213 g/mol. The summed E-state index contributed by atoms with van der Waals surface area (Å²) in [6, 6.07) is 5.56. The maximum atomic E-state index is 12.6. The average Bonchev–Trinajstić information content (AvgIpc) is 2.27. The van der Waals surface area contributed by atoms with Crippen molar-refractivity contribution in [2.45, 2.75) is 13.0 Å². The van der Waals surface area contributed by atoms with Crippen molar-refractivity contribution in [2.75, 3.05) is 13.2 Å². The van der Waals surface area contributed by atoms with E-state index < -0.39 is 6.09 Å². The van der Waals surface area contributed by atoms with Gasteiger partial charge in [0, 0.05) is 0 Å². The number of benzene rings is 1. The minimum atomic E-state index is -0.606. The molecule has 0 spiro atoms. The zero-order valence-electron chi connectivity index (χ0n) is 8.94. The number of hydrogen-bond donors (Lipinski definition) is 2. The van der Waals surface area contributed by atoms with Crippen LogP contribution < -0.4 is 5.32 Å². The number of hydrogen-bond acceptors (Lipinski definition) is 3. The fourth-order valence-electron chi connectivity index (χ4n) is 1.19. The molecule has 88 valence electrons. The van der Waals surface area contributed by atoms with Gasteiger partial charge >= 0.3 is 6.09 Å². The predicted octanol–water partition coefficient (Wildman–Crippen LogP) is 1.61. The molecule has 0 heterocycles. The summed E-state index contributed by atoms with van der Waals surface area (Å²) in [5.74, 6) is -0.321. The first-order valence-electron chi connectivity index (χ1n) is 4.93. The molecule has 0 saturated carbocycles. The van der Waals surface area contributed by atoms with Crippen molar-refractivity contribution in [3.8, 4) is 0 Å². The van der Waals surface area contributed by atoms with E-state index in [-0.39, 0.29) is 25.1 Å². The normalized spacial score (nSPS) is 11.9. The van der Waals surface area contributed by atoms with Crippen molar-refractivity contribution in [1.29, 1.82) is 0 Å². The van der Waals surface area contributed by atoms with E-state index in [1.54, 1.807) is 19.1 Å². The second-order valence-corrected chi connectivity index (χ2v) is 3.28. The Balaban J connectivity index is 2.48. The molecule has 1 unspecified atom stereocenters. The van der Waals surface area contributed by atoms with Crippen LogP contribution in [-0.2, 0) is 4.74 Å². The molecule has 0 aromatic heterocycles. The summed E-state index contributed by atoms with van der Waals surface area (Å²) in [7, 11) is 0. The maximum Gasteiger partial charge on any atom is 0.407 e. The zero-order valence-corrected chi connectivity index (χ0v) is 8.94. The fourth-order valence-corrected chi connectivity index (χ4v) is 1.19. The Morgan fingerprint density at radius 1 is 1.50 bits per heavy atom. The molecule has 16 heavy (non-hydrogen) atoms. The van der Waals surface area contributed by atoms with Crippen LogP contribution >= 0.6 is 0 Å². The molecule has 0 fully saturated rings. The van der Waals surface area contributed by atoms with Crippen LogP contribution in [0.15, 0.2) is 24.3 Å². The van der Waals surface area contributed by atoms with Crippen molar-refractivity contribution in [3.63, 3.8) is 0 Å². The van der Waals surface area contributed by atoms with Crippen molar-refractivity contribution >= 4 is 6.09 Å². The molecule has 0 saturated heterocycles. The molecule has 0 aliphatic heterocycles. The third-order valence-electron chi connectivity index (χ3n) is 2.03. The number of rotatable bonds is 4. The van der Waals surface area contributed by atoms with Crippen LogP contribution in [0.1, 0.15) is 18.5 Å². The molecule has 0 radical (unpaired) electrons. The number of ether oxygens (including phenoxy) is 1. The van der Waals surface area contributed by atoms with Crippen LogP contribution in [0.25, 0.3) is 0 Å². The van der Waals surface area contributed by atoms with E-state index in [0.29, 0.717) is 0 Å². The quantitative estimate of drug-likeness (QED) is 0.821. The Morgan fingerprint density at radius 3 is 2.69 bits per heavy atom. The highest BCUT2D eigenvalue weighted by atomic mass is 19.1. The van der Waals surface area contributed by atoms with Crippen LogP contribution in [0.4, 0.5) is 9.18 Å². The van der Waals surface area contributed by atoms with Crippen LogP contribution in [0.3, 0.4) is 0 Å². The van der Waals surface area contributed by atoms with Crippen molar-refractivity contribution in [1.82, 2.24) is 5.32 Å². The molecule has 1 aromatic carbocycles. The summed E-state index contributed by atoms with van der Waals surface area (Å²) in [6.45, 7) is 1.51. The SMILES string of the molecule is CC(NC(=O)OCCO)c1ccc(F)cc1. The molecular formula is C11H14FNO3. The number of amides is 1. The Kier molecular flexibility index (Phi) is 4.72. The lowest BCUT2D eigenvalue weighted by atomic mass is 10.1. The van der Waals surface area contributed by atoms with E-state index in [1.807, 2.05) is 0 Å². The summed E-state index contributed by atoms with van der Waals surface area (Å²) >= 11 is 0. The van der Waals surface area contributed by atoms with Gasteiger partial charge in [-0.2, -0.15) is 0 Å². The van der Waals surface area contributed by atoms with Crippen LogP contribution in [0.2, 0.25) is 0 Å². The molecule has 0 bridgehead atoms. The zero-order chi connectivity index (χ0) is 12.0. The van der Waals surface area contributed by atoms with Gasteiger partial charge in [0.2, 0.25) is 0 Å². The molecule has 1 rings (SSSR count). The Morgan fingerprint density at radius 2 is 2.12 bits per heavy atom. The van der Waals surface area contributed by atoms with E-state index in [0.717, 1.165) is 5.56 Å². The molecule has 0 aliphatic rings. The summed E-state index contributed by atoms with van der Waals surface area (Å²) in [5.41, 5.74) is 0.780. The summed E-state index contributed by atoms with van der Waals surface area (Å²) in [6.07, 6.45) is -0.606. The summed E-state index contributed by atoms with van der Waals surface area (Å²) in [5, 5.41) is 11.0. The average molecular weight is 227 g/mol. The van der Waals surface area contributed by atoms with Gasteiger partial charge in [-0.25, -0.2) is 9.18 Å². The van der Waals surface area contributed by atoms with Crippen LogP contribution in [0.5, 0.6) is 0 Å². The lowest BCUT2D eigenvalue weighted by Crippen LogP contribution is -2.28. The minimum absolute atomic E-state index is 0.0397. The Bertz CT molecular complexity index is 340. The van der Waals surface area contributed by atoms with E-state index in [4.69, 9.17) is 5.11 Å². The second kappa shape index (κ2) is 6.07. The fraction of sp³-hybridized carbons (Fsp3) is 0.364. The molecule has 1 atom stereocenters. The highest BCUT2D eigenvalue weighted by molar-refractivity contribution is 5.67. The molecule has 1 aromatic rings. The smallest absolute Gasteiger partial charge is 0.407 e. The molecule has 1 amide bonds. The second-order valence-electron chi connectivity index (χ2n) is 3.28. The van der Waals surface area contributed by atoms with Crippen LogP contribution in [-0.4, -0.2) is 24.4 Å². The van der Waals surface area contributed by atoms with E-state index in [2.05, 4.69) is 10.1 Å². The first kappa shape index (κ1) is 12.4. The van der Waals surface area contributed by atoms with Crippen molar-refractivity contribution in [3.05, 3.63) is 35.6 Å². The Hall–Kier alpha value is -1.62. The topological polar surface area (TPSA) is 58.6 Å². The van der Waals surface area contributed by atoms with Gasteiger partial charge in [0.1, 0.15) is 12.4 Å². The van der Waals surface area contributed by atoms with Gasteiger partial charge in [0.15, 0.2) is 0 Å². The highest BCUT2D eigenvalue weighted by Crippen LogP contribution is 2.12. The third kappa shape index (κ3) is 3.86. The number of nitrogens with one attached hydrogen (secondary N) is 1. The van der Waals surface area contributed by atoms with Crippen LogP contribution in [0, 0.1) is 5.82 Å². The Labute approximate surface area is 93.0 Å². The number of carbonyl (C=O) groups is 1. The van der Waals surface area contributed by atoms with Crippen molar-refractivity contribution < 1.29 is 19.0 Å². The number of alkyl carbamates (subject to hydrolysis) is 1. The maximum absolute atomic E-state index is 12.6. The van der Waals surface area contributed by atoms with Gasteiger partial charge in [-0.3, -0.25) is 0 Å². The minimum Gasteiger partial charge on any atom is -0.447 e. The number of aliphatic hydroxyl groups excluding tert-OH is 1. The van der Waals surface area contributed by atoms with E-state index in [9.17, 15) is 9.18 Å². The molecule has 0 aliphatic carbocycles. The molecule has 2 N–H and O–H groups in total. The van der Waals surface area contributed by atoms with Gasteiger partial charge < -0.3 is 15.2 Å². The van der Waals surface area contributed by atoms with E-state index >= 15 is 0 Å². The number of aliphatic hydroxyl groups is 1. The summed E-state index contributed by atoms with van der Waals surface area (Å²) in [4.78, 5) is 11.1. The van der Waals surface area contributed by atoms with Gasteiger partial charge in [0.05, 0.1) is 12.6 Å². The highest BCUT2D eigenvalue weighted by Gasteiger charge is 2.09. The first-order chi connectivity index (χ1) is 7.63. The van der Waals surface area contributed by atoms with Crippen molar-refractivity contribution in [2.24, 2.45) is 0 Å². The van der Waals surface area contributed by atoms with Gasteiger partial charge in [-0.15, -0.1) is 0 Å². The largest absolute Gasteiger partial charge is 0.447 e. The number of carbonyl (C=O) groups excluding carboxylic acids is 1. The van der Waals surface area contributed by atoms with Gasteiger partial charge in [0.25, 0.3) is 0 Å². The lowest BCUT2D eigenvalue weighted by Gasteiger charge is -2.13. The van der Waals surface area contributed by atoms with Gasteiger partial charge in [-0.1, -0.05) is 12.1 Å². The molecule has 5 heteroatoms. The number of halogens is 1. The third-order valence-corrected chi connectivity index (χ3v) is 2.03. The monoisotopic (exact) mass is 227 g/mol. The standard InChI is InChI=1S/C11H14FNO3/c1-8(13-11(15)16-7-6-14)9-2-4-10(12)5-3-9/h2-5,8,14H,6-7H2,1H3,(H,13,15). The predicted molar refractivity (Wildman–Crippen MR) is 56.4 cm³/mol.